The van der Waals surface area contributed by atoms with Gasteiger partial charge in [0.25, 0.3) is 0 Å². The highest BCUT2D eigenvalue weighted by molar-refractivity contribution is 5.39. The quantitative estimate of drug-likeness (QED) is 0.788. The van der Waals surface area contributed by atoms with Gasteiger partial charge in [-0.05, 0) is 23.6 Å². The number of methoxy groups -OCH3 is 1. The standard InChI is InChI=1S/C12H17NO/c1-3-9-6-10(11-7-13-8-11)4-5-12(9)14-2/h4-6,11,13H,3,7-8H2,1-2H3. The summed E-state index contributed by atoms with van der Waals surface area (Å²) >= 11 is 0. The van der Waals surface area contributed by atoms with Crippen molar-refractivity contribution in [2.75, 3.05) is 20.2 Å². The molecule has 0 spiro atoms. The molecule has 2 rings (SSSR count). The minimum atomic E-state index is 0.714. The lowest BCUT2D eigenvalue weighted by Gasteiger charge is -2.28. The Hall–Kier alpha value is -1.02. The number of rotatable bonds is 3. The van der Waals surface area contributed by atoms with Crippen LogP contribution in [0.25, 0.3) is 0 Å². The summed E-state index contributed by atoms with van der Waals surface area (Å²) in [4.78, 5) is 0. The van der Waals surface area contributed by atoms with E-state index >= 15 is 0 Å². The molecule has 1 heterocycles. The maximum Gasteiger partial charge on any atom is 0.122 e. The molecule has 0 radical (unpaired) electrons. The number of benzene rings is 1. The fraction of sp³-hybridized carbons (Fsp3) is 0.500. The highest BCUT2D eigenvalue weighted by Crippen LogP contribution is 2.26. The summed E-state index contributed by atoms with van der Waals surface area (Å²) in [7, 11) is 1.74. The average Bonchev–Trinajstić information content (AvgIpc) is 2.15. The van der Waals surface area contributed by atoms with E-state index in [0.29, 0.717) is 5.92 Å². The Labute approximate surface area is 85.3 Å². The van der Waals surface area contributed by atoms with Gasteiger partial charge in [-0.1, -0.05) is 19.1 Å². The van der Waals surface area contributed by atoms with E-state index in [0.717, 1.165) is 25.3 Å². The van der Waals surface area contributed by atoms with E-state index in [4.69, 9.17) is 4.74 Å². The van der Waals surface area contributed by atoms with Gasteiger partial charge in [-0.2, -0.15) is 0 Å². The summed E-state index contributed by atoms with van der Waals surface area (Å²) < 4.78 is 5.31. The third-order valence-corrected chi connectivity index (χ3v) is 2.94. The molecule has 2 heteroatoms. The van der Waals surface area contributed by atoms with Gasteiger partial charge in [0.1, 0.15) is 5.75 Å². The molecule has 0 aromatic heterocycles. The van der Waals surface area contributed by atoms with Gasteiger partial charge in [-0.15, -0.1) is 0 Å². The van der Waals surface area contributed by atoms with E-state index < -0.39 is 0 Å². The first-order valence-electron chi connectivity index (χ1n) is 5.22. The maximum atomic E-state index is 5.31. The lowest BCUT2D eigenvalue weighted by Crippen LogP contribution is -2.39. The van der Waals surface area contributed by atoms with Crippen LogP contribution < -0.4 is 10.1 Å². The minimum absolute atomic E-state index is 0.714. The molecule has 1 aromatic carbocycles. The van der Waals surface area contributed by atoms with E-state index in [1.165, 1.54) is 11.1 Å². The van der Waals surface area contributed by atoms with Crippen molar-refractivity contribution in [3.05, 3.63) is 29.3 Å². The van der Waals surface area contributed by atoms with Gasteiger partial charge in [0.05, 0.1) is 7.11 Å². The van der Waals surface area contributed by atoms with Crippen LogP contribution in [0.5, 0.6) is 5.75 Å². The molecule has 1 N–H and O–H groups in total. The zero-order chi connectivity index (χ0) is 9.97. The van der Waals surface area contributed by atoms with Gasteiger partial charge < -0.3 is 10.1 Å². The van der Waals surface area contributed by atoms with Crippen molar-refractivity contribution in [3.8, 4) is 5.75 Å². The van der Waals surface area contributed by atoms with E-state index in [-0.39, 0.29) is 0 Å². The zero-order valence-electron chi connectivity index (χ0n) is 8.84. The molecule has 2 nitrogen and oxygen atoms in total. The Morgan fingerprint density at radius 2 is 2.21 bits per heavy atom. The molecule has 1 aliphatic heterocycles. The first-order valence-corrected chi connectivity index (χ1v) is 5.22. The number of ether oxygens (including phenoxy) is 1. The predicted molar refractivity (Wildman–Crippen MR) is 58.0 cm³/mol. The van der Waals surface area contributed by atoms with Gasteiger partial charge in [-0.25, -0.2) is 0 Å². The topological polar surface area (TPSA) is 21.3 Å². The van der Waals surface area contributed by atoms with Crippen LogP contribution in [-0.4, -0.2) is 20.2 Å². The number of hydrogen-bond donors (Lipinski definition) is 1. The third kappa shape index (κ3) is 1.62. The Bertz CT molecular complexity index is 318. The first kappa shape index (κ1) is 9.53. The van der Waals surface area contributed by atoms with E-state index in [2.05, 4.69) is 30.4 Å². The highest BCUT2D eigenvalue weighted by atomic mass is 16.5. The molecule has 0 atom stereocenters. The SMILES string of the molecule is CCc1cc(C2CNC2)ccc1OC. The predicted octanol–water partition coefficient (Wildman–Crippen LogP) is 1.94. The van der Waals surface area contributed by atoms with Crippen molar-refractivity contribution in [1.82, 2.24) is 5.32 Å². The first-order chi connectivity index (χ1) is 6.85. The Morgan fingerprint density at radius 1 is 1.43 bits per heavy atom. The third-order valence-electron chi connectivity index (χ3n) is 2.94. The van der Waals surface area contributed by atoms with Crippen LogP contribution in [0.3, 0.4) is 0 Å². The molecule has 14 heavy (non-hydrogen) atoms. The van der Waals surface area contributed by atoms with Gasteiger partial charge in [-0.3, -0.25) is 0 Å². The second kappa shape index (κ2) is 4.01. The fourth-order valence-electron chi connectivity index (χ4n) is 1.85. The molecule has 1 aromatic rings. The van der Waals surface area contributed by atoms with Gasteiger partial charge in [0.15, 0.2) is 0 Å². The van der Waals surface area contributed by atoms with Crippen LogP contribution in [0.1, 0.15) is 24.0 Å². The second-order valence-corrected chi connectivity index (χ2v) is 3.78. The monoisotopic (exact) mass is 191 g/mol. The minimum Gasteiger partial charge on any atom is -0.496 e. The average molecular weight is 191 g/mol. The lowest BCUT2D eigenvalue weighted by atomic mass is 9.92. The van der Waals surface area contributed by atoms with E-state index in [1.54, 1.807) is 7.11 Å². The molecule has 0 bridgehead atoms. The van der Waals surface area contributed by atoms with Crippen LogP contribution in [0.4, 0.5) is 0 Å². The van der Waals surface area contributed by atoms with E-state index in [9.17, 15) is 0 Å². The number of nitrogens with one attached hydrogen (secondary N) is 1. The van der Waals surface area contributed by atoms with Crippen molar-refractivity contribution in [3.63, 3.8) is 0 Å². The van der Waals surface area contributed by atoms with Crippen LogP contribution in [0, 0.1) is 0 Å². The van der Waals surface area contributed by atoms with Crippen LogP contribution in [0.2, 0.25) is 0 Å². The largest absolute Gasteiger partial charge is 0.496 e. The van der Waals surface area contributed by atoms with Crippen molar-refractivity contribution >= 4 is 0 Å². The zero-order valence-corrected chi connectivity index (χ0v) is 8.84. The summed E-state index contributed by atoms with van der Waals surface area (Å²) in [5.41, 5.74) is 2.76. The van der Waals surface area contributed by atoms with Crippen LogP contribution >= 0.6 is 0 Å². The van der Waals surface area contributed by atoms with Crippen molar-refractivity contribution in [1.29, 1.82) is 0 Å². The molecular formula is C12H17NO. The van der Waals surface area contributed by atoms with Gasteiger partial charge in [0, 0.05) is 19.0 Å². The summed E-state index contributed by atoms with van der Waals surface area (Å²) in [6.45, 7) is 4.41. The molecule has 0 amide bonds. The Morgan fingerprint density at radius 3 is 2.71 bits per heavy atom. The maximum absolute atomic E-state index is 5.31. The summed E-state index contributed by atoms with van der Waals surface area (Å²) in [5.74, 6) is 1.73. The second-order valence-electron chi connectivity index (χ2n) is 3.78. The summed E-state index contributed by atoms with van der Waals surface area (Å²) in [5, 5.41) is 3.29. The van der Waals surface area contributed by atoms with Crippen molar-refractivity contribution in [2.45, 2.75) is 19.3 Å². The smallest absolute Gasteiger partial charge is 0.122 e. The summed E-state index contributed by atoms with van der Waals surface area (Å²) in [6, 6.07) is 6.56. The molecule has 1 fully saturated rings. The molecule has 1 aliphatic rings. The molecule has 1 saturated heterocycles. The summed E-state index contributed by atoms with van der Waals surface area (Å²) in [6.07, 6.45) is 1.04. The molecular weight excluding hydrogens is 174 g/mol. The highest BCUT2D eigenvalue weighted by Gasteiger charge is 2.19. The number of aryl methyl sites for hydroxylation is 1. The molecule has 0 aliphatic carbocycles. The lowest BCUT2D eigenvalue weighted by molar-refractivity contribution is 0.408. The van der Waals surface area contributed by atoms with Gasteiger partial charge >= 0.3 is 0 Å². The van der Waals surface area contributed by atoms with Gasteiger partial charge in [0.2, 0.25) is 0 Å². The van der Waals surface area contributed by atoms with Crippen molar-refractivity contribution in [2.24, 2.45) is 0 Å². The van der Waals surface area contributed by atoms with Crippen molar-refractivity contribution < 1.29 is 4.74 Å². The molecule has 76 valence electrons. The fourth-order valence-corrected chi connectivity index (χ4v) is 1.85. The molecule has 0 unspecified atom stereocenters. The Kier molecular flexibility index (Phi) is 2.73. The number of hydrogen-bond acceptors (Lipinski definition) is 2. The molecule has 0 saturated carbocycles. The van der Waals surface area contributed by atoms with Crippen LogP contribution in [0.15, 0.2) is 18.2 Å². The Balaban J connectivity index is 2.26. The van der Waals surface area contributed by atoms with Crippen LogP contribution in [-0.2, 0) is 6.42 Å². The normalized spacial score (nSPS) is 16.4. The van der Waals surface area contributed by atoms with E-state index in [1.807, 2.05) is 0 Å².